The summed E-state index contributed by atoms with van der Waals surface area (Å²) in [6.45, 7) is 3.94. The monoisotopic (exact) mass is 455 g/mol. The van der Waals surface area contributed by atoms with Gasteiger partial charge in [-0.3, -0.25) is 9.59 Å². The molecule has 1 aliphatic heterocycles. The minimum Gasteiger partial charge on any atom is -0.418 e. The Kier molecular flexibility index (Phi) is 6.90. The molecular formula is C28H25NO3S. The first-order chi connectivity index (χ1) is 16.1. The summed E-state index contributed by atoms with van der Waals surface area (Å²) in [4.78, 5) is 31.3. The van der Waals surface area contributed by atoms with Crippen molar-refractivity contribution < 1.29 is 14.3 Å². The number of rotatable bonds is 5. The van der Waals surface area contributed by atoms with Gasteiger partial charge in [-0.2, -0.15) is 0 Å². The topological polar surface area (TPSA) is 55.7 Å². The van der Waals surface area contributed by atoms with Gasteiger partial charge in [-0.05, 0) is 47.9 Å². The van der Waals surface area contributed by atoms with Crippen molar-refractivity contribution in [3.8, 4) is 0 Å². The molecule has 1 heterocycles. The summed E-state index contributed by atoms with van der Waals surface area (Å²) in [6.07, 6.45) is 1.09. The Hall–Kier alpha value is -3.44. The van der Waals surface area contributed by atoms with Gasteiger partial charge in [-0.1, -0.05) is 92.7 Å². The molecule has 0 N–H and O–H groups in total. The number of esters is 1. The zero-order valence-electron chi connectivity index (χ0n) is 18.7. The third-order valence-corrected chi connectivity index (χ3v) is 6.98. The van der Waals surface area contributed by atoms with Crippen LogP contribution in [0.5, 0.6) is 0 Å². The summed E-state index contributed by atoms with van der Waals surface area (Å²) >= 11 is 1.28. The van der Waals surface area contributed by atoms with Crippen molar-refractivity contribution in [1.82, 2.24) is 0 Å². The first-order valence-corrected chi connectivity index (χ1v) is 11.8. The minimum absolute atomic E-state index is 0.376. The van der Waals surface area contributed by atoms with Crippen molar-refractivity contribution in [2.75, 3.05) is 0 Å². The van der Waals surface area contributed by atoms with Crippen LogP contribution in [0.3, 0.4) is 0 Å². The van der Waals surface area contributed by atoms with E-state index in [1.807, 2.05) is 80.6 Å². The Morgan fingerprint density at radius 3 is 1.94 bits per heavy atom. The summed E-state index contributed by atoms with van der Waals surface area (Å²) in [5.74, 6) is -0.787. The Morgan fingerprint density at radius 2 is 1.39 bits per heavy atom. The molecule has 5 heteroatoms. The van der Waals surface area contributed by atoms with Crippen LogP contribution in [-0.4, -0.2) is 16.9 Å². The van der Waals surface area contributed by atoms with E-state index in [1.165, 1.54) is 11.8 Å². The van der Waals surface area contributed by atoms with Gasteiger partial charge in [0.15, 0.2) is 5.09 Å². The minimum atomic E-state index is -1.14. The third-order valence-electron chi connectivity index (χ3n) is 5.83. The van der Waals surface area contributed by atoms with Crippen LogP contribution in [0.4, 0.5) is 0 Å². The number of nitrogens with zero attached hydrogens (tertiary/aromatic N) is 1. The Balaban J connectivity index is 1.89. The highest BCUT2D eigenvalue weighted by molar-refractivity contribution is 8.17. The molecule has 4 rings (SSSR count). The van der Waals surface area contributed by atoms with Crippen LogP contribution in [0.15, 0.2) is 101 Å². The highest BCUT2D eigenvalue weighted by atomic mass is 32.2. The number of carbonyl (C=O) groups excluding carboxylic acids is 2. The molecule has 1 saturated heterocycles. The number of amides is 1. The van der Waals surface area contributed by atoms with Crippen molar-refractivity contribution >= 4 is 34.3 Å². The van der Waals surface area contributed by atoms with Crippen molar-refractivity contribution in [2.24, 2.45) is 4.99 Å². The quantitative estimate of drug-likeness (QED) is 0.405. The first kappa shape index (κ1) is 22.7. The Bertz CT molecular complexity index is 1200. The van der Waals surface area contributed by atoms with Crippen LogP contribution in [0, 0.1) is 0 Å². The van der Waals surface area contributed by atoms with Crippen LogP contribution in [0.2, 0.25) is 0 Å². The predicted molar refractivity (Wildman–Crippen MR) is 134 cm³/mol. The molecule has 0 bridgehead atoms. The van der Waals surface area contributed by atoms with E-state index in [-0.39, 0.29) is 5.91 Å². The second-order valence-corrected chi connectivity index (χ2v) is 8.65. The average molecular weight is 456 g/mol. The standard InChI is InChI=1S/C28H25NO3S/c1-3-23(20-14-8-5-9-15-20)25-32-27(31)28(4-2,22-18-12-7-13-19-22)26(33-25)29-24(30)21-16-10-6-11-17-21/h5-19H,3-4H2,1-2H3/b25-23-,29-26?/t28-/m0/s1. The SMILES string of the molecule is CC/C(=C1\OC(=O)[C@@](CC)(c2ccccc2)C(=NC(=O)c2ccccc2)S1)c1ccccc1. The third kappa shape index (κ3) is 4.41. The van der Waals surface area contributed by atoms with E-state index in [4.69, 9.17) is 4.74 Å². The van der Waals surface area contributed by atoms with Crippen molar-refractivity contribution in [3.63, 3.8) is 0 Å². The summed E-state index contributed by atoms with van der Waals surface area (Å²) in [6, 6.07) is 28.2. The van der Waals surface area contributed by atoms with Crippen LogP contribution in [0.25, 0.3) is 5.57 Å². The fourth-order valence-electron chi connectivity index (χ4n) is 4.00. The van der Waals surface area contributed by atoms with Gasteiger partial charge in [0.25, 0.3) is 5.91 Å². The molecule has 1 aliphatic rings. The van der Waals surface area contributed by atoms with E-state index in [0.717, 1.165) is 16.7 Å². The molecule has 1 amide bonds. The maximum atomic E-state index is 13.7. The number of aliphatic imine (C=N–C) groups is 1. The summed E-state index contributed by atoms with van der Waals surface area (Å²) in [5.41, 5.74) is 1.99. The van der Waals surface area contributed by atoms with Crippen LogP contribution in [-0.2, 0) is 14.9 Å². The lowest BCUT2D eigenvalue weighted by Crippen LogP contribution is -2.46. The van der Waals surface area contributed by atoms with Crippen molar-refractivity contribution in [3.05, 3.63) is 113 Å². The van der Waals surface area contributed by atoms with Gasteiger partial charge in [0, 0.05) is 11.1 Å². The van der Waals surface area contributed by atoms with Gasteiger partial charge in [0.1, 0.15) is 10.5 Å². The van der Waals surface area contributed by atoms with Gasteiger partial charge < -0.3 is 4.74 Å². The normalized spacial score (nSPS) is 20.9. The van der Waals surface area contributed by atoms with E-state index < -0.39 is 11.4 Å². The molecule has 0 aromatic heterocycles. The van der Waals surface area contributed by atoms with E-state index in [9.17, 15) is 9.59 Å². The first-order valence-electron chi connectivity index (χ1n) is 11.0. The molecule has 0 radical (unpaired) electrons. The van der Waals surface area contributed by atoms with Gasteiger partial charge in [-0.15, -0.1) is 0 Å². The zero-order chi connectivity index (χ0) is 23.3. The summed E-state index contributed by atoms with van der Waals surface area (Å²) < 4.78 is 5.98. The van der Waals surface area contributed by atoms with E-state index >= 15 is 0 Å². The molecule has 166 valence electrons. The second kappa shape index (κ2) is 10.0. The van der Waals surface area contributed by atoms with Gasteiger partial charge in [0.05, 0.1) is 0 Å². The van der Waals surface area contributed by atoms with Gasteiger partial charge in [0.2, 0.25) is 0 Å². The van der Waals surface area contributed by atoms with Gasteiger partial charge in [-0.25, -0.2) is 4.99 Å². The summed E-state index contributed by atoms with van der Waals surface area (Å²) in [5, 5.41) is 0.923. The fourth-order valence-corrected chi connectivity index (χ4v) is 5.33. The van der Waals surface area contributed by atoms with E-state index in [2.05, 4.69) is 4.99 Å². The lowest BCUT2D eigenvalue weighted by molar-refractivity contribution is -0.142. The molecule has 0 aliphatic carbocycles. The number of allylic oxidation sites excluding steroid dienone is 1. The van der Waals surface area contributed by atoms with Crippen LogP contribution >= 0.6 is 11.8 Å². The maximum absolute atomic E-state index is 13.7. The van der Waals surface area contributed by atoms with E-state index in [0.29, 0.717) is 28.5 Å². The predicted octanol–water partition coefficient (Wildman–Crippen LogP) is 6.64. The molecule has 33 heavy (non-hydrogen) atoms. The number of ether oxygens (including phenoxy) is 1. The van der Waals surface area contributed by atoms with Crippen LogP contribution in [0.1, 0.15) is 48.2 Å². The molecule has 1 fully saturated rings. The Labute approximate surface area is 198 Å². The molecule has 4 nitrogen and oxygen atoms in total. The number of hydrogen-bond acceptors (Lipinski definition) is 4. The molecule has 0 unspecified atom stereocenters. The molecule has 0 saturated carbocycles. The number of cyclic esters (lactones) is 1. The molecule has 0 spiro atoms. The van der Waals surface area contributed by atoms with Crippen molar-refractivity contribution in [1.29, 1.82) is 0 Å². The lowest BCUT2D eigenvalue weighted by Gasteiger charge is -2.36. The molecule has 3 aromatic rings. The second-order valence-electron chi connectivity index (χ2n) is 7.69. The number of hydrogen-bond donors (Lipinski definition) is 0. The molecular weight excluding hydrogens is 430 g/mol. The number of benzene rings is 3. The molecule has 1 atom stereocenters. The summed E-state index contributed by atoms with van der Waals surface area (Å²) in [7, 11) is 0. The van der Waals surface area contributed by atoms with Crippen LogP contribution < -0.4 is 0 Å². The maximum Gasteiger partial charge on any atom is 0.329 e. The van der Waals surface area contributed by atoms with Gasteiger partial charge >= 0.3 is 5.97 Å². The number of carbonyl (C=O) groups is 2. The Morgan fingerprint density at radius 1 is 0.848 bits per heavy atom. The fraction of sp³-hybridized carbons (Fsp3) is 0.179. The molecule has 3 aromatic carbocycles. The highest BCUT2D eigenvalue weighted by Crippen LogP contribution is 2.46. The highest BCUT2D eigenvalue weighted by Gasteiger charge is 2.50. The average Bonchev–Trinajstić information content (AvgIpc) is 2.86. The van der Waals surface area contributed by atoms with Crippen molar-refractivity contribution in [2.45, 2.75) is 32.1 Å². The zero-order valence-corrected chi connectivity index (χ0v) is 19.5. The largest absolute Gasteiger partial charge is 0.418 e. The van der Waals surface area contributed by atoms with E-state index in [1.54, 1.807) is 24.3 Å². The lowest BCUT2D eigenvalue weighted by atomic mass is 9.78. The smallest absolute Gasteiger partial charge is 0.329 e. The number of thioether (sulfide) groups is 1.